The number of carbonyl (C=O) groups is 3. The Balaban J connectivity index is 1.59. The molecule has 5 aliphatic carbocycles. The summed E-state index contributed by atoms with van der Waals surface area (Å²) in [6.07, 6.45) is 8.42. The van der Waals surface area contributed by atoms with Gasteiger partial charge >= 0.3 is 0 Å². The van der Waals surface area contributed by atoms with Crippen LogP contribution in [0.1, 0.15) is 113 Å². The van der Waals surface area contributed by atoms with Crippen molar-refractivity contribution in [2.75, 3.05) is 0 Å². The SMILES string of the molecule is C[C@H]1C(=O)CC[C@H]2[C@]3(C)CC[C@@]4(C)[C@@H]5CC(C)(C)C(=O)C[C@]5(C)CC[C@]4(C)[C@H]3CC(=O)[C@]12C. The van der Waals surface area contributed by atoms with Crippen molar-refractivity contribution >= 4 is 17.3 Å². The van der Waals surface area contributed by atoms with Crippen molar-refractivity contribution in [1.82, 2.24) is 0 Å². The smallest absolute Gasteiger partial charge is 0.140 e. The molecule has 0 N–H and O–H groups in total. The second-order valence-electron chi connectivity index (χ2n) is 15.0. The summed E-state index contributed by atoms with van der Waals surface area (Å²) in [4.78, 5) is 39.6. The molecular weight excluding hydrogens is 408 g/mol. The summed E-state index contributed by atoms with van der Waals surface area (Å²) in [5.74, 6) is 2.15. The lowest BCUT2D eigenvalue weighted by atomic mass is 9.30. The molecule has 0 aliphatic heterocycles. The van der Waals surface area contributed by atoms with Crippen LogP contribution in [0.4, 0.5) is 0 Å². The molecule has 0 aromatic rings. The molecule has 0 amide bonds. The highest BCUT2D eigenvalue weighted by atomic mass is 16.1. The van der Waals surface area contributed by atoms with Gasteiger partial charge in [-0.15, -0.1) is 0 Å². The van der Waals surface area contributed by atoms with Crippen molar-refractivity contribution in [3.63, 3.8) is 0 Å². The molecule has 0 aromatic heterocycles. The van der Waals surface area contributed by atoms with Crippen LogP contribution in [0.25, 0.3) is 0 Å². The minimum absolute atomic E-state index is 0.0908. The van der Waals surface area contributed by atoms with Crippen LogP contribution in [0, 0.1) is 56.2 Å². The molecule has 5 saturated carbocycles. The van der Waals surface area contributed by atoms with Crippen molar-refractivity contribution < 1.29 is 14.4 Å². The van der Waals surface area contributed by atoms with E-state index in [0.29, 0.717) is 47.9 Å². The second-order valence-corrected chi connectivity index (χ2v) is 15.0. The van der Waals surface area contributed by atoms with Crippen molar-refractivity contribution in [3.05, 3.63) is 0 Å². The lowest BCUT2D eigenvalue weighted by molar-refractivity contribution is -0.247. The third-order valence-corrected chi connectivity index (χ3v) is 13.5. The first-order valence-corrected chi connectivity index (χ1v) is 13.7. The van der Waals surface area contributed by atoms with Gasteiger partial charge in [-0.05, 0) is 77.9 Å². The molecule has 9 atom stereocenters. The maximum Gasteiger partial charge on any atom is 0.140 e. The highest BCUT2D eigenvalue weighted by Crippen LogP contribution is 2.77. The topological polar surface area (TPSA) is 51.2 Å². The Bertz CT molecular complexity index is 933. The number of fused-ring (bicyclic) bond motifs is 7. The summed E-state index contributed by atoms with van der Waals surface area (Å²) in [5, 5.41) is 0. The summed E-state index contributed by atoms with van der Waals surface area (Å²) < 4.78 is 0. The number of hydrogen-bond donors (Lipinski definition) is 0. The Hall–Kier alpha value is -0.990. The Kier molecular flexibility index (Phi) is 4.75. The first kappa shape index (κ1) is 23.7. The van der Waals surface area contributed by atoms with Gasteiger partial charge in [0.2, 0.25) is 0 Å². The van der Waals surface area contributed by atoms with E-state index >= 15 is 0 Å². The fourth-order valence-electron chi connectivity index (χ4n) is 10.7. The maximum absolute atomic E-state index is 13.9. The molecule has 3 nitrogen and oxygen atoms in total. The minimum atomic E-state index is -0.493. The molecule has 0 heterocycles. The molecule has 0 saturated heterocycles. The van der Waals surface area contributed by atoms with E-state index in [1.165, 1.54) is 6.42 Å². The molecule has 33 heavy (non-hydrogen) atoms. The predicted molar refractivity (Wildman–Crippen MR) is 131 cm³/mol. The minimum Gasteiger partial charge on any atom is -0.299 e. The molecule has 184 valence electrons. The molecule has 5 rings (SSSR count). The summed E-state index contributed by atoms with van der Waals surface area (Å²) in [7, 11) is 0. The molecule has 5 fully saturated rings. The first-order chi connectivity index (χ1) is 15.1. The van der Waals surface area contributed by atoms with Gasteiger partial charge < -0.3 is 0 Å². The Labute approximate surface area is 201 Å². The van der Waals surface area contributed by atoms with Gasteiger partial charge in [-0.1, -0.05) is 55.4 Å². The molecular formula is C30H46O3. The third kappa shape index (κ3) is 2.66. The second kappa shape index (κ2) is 6.61. The molecule has 3 heteroatoms. The number of carbonyl (C=O) groups excluding carboxylic acids is 3. The van der Waals surface area contributed by atoms with Crippen LogP contribution in [-0.2, 0) is 14.4 Å². The number of hydrogen-bond acceptors (Lipinski definition) is 3. The first-order valence-electron chi connectivity index (χ1n) is 13.7. The Morgan fingerprint density at radius 2 is 1.33 bits per heavy atom. The van der Waals surface area contributed by atoms with Crippen LogP contribution in [0.15, 0.2) is 0 Å². The maximum atomic E-state index is 13.9. The quantitative estimate of drug-likeness (QED) is 0.404. The molecule has 5 aliphatic rings. The van der Waals surface area contributed by atoms with Crippen LogP contribution >= 0.6 is 0 Å². The fourth-order valence-corrected chi connectivity index (χ4v) is 10.7. The Morgan fingerprint density at radius 1 is 0.727 bits per heavy atom. The van der Waals surface area contributed by atoms with Gasteiger partial charge in [0.15, 0.2) is 0 Å². The summed E-state index contributed by atoms with van der Waals surface area (Å²) in [6, 6.07) is 0. The summed E-state index contributed by atoms with van der Waals surface area (Å²) in [5.41, 5.74) is -0.290. The van der Waals surface area contributed by atoms with E-state index in [9.17, 15) is 14.4 Å². The van der Waals surface area contributed by atoms with Gasteiger partial charge in [-0.25, -0.2) is 0 Å². The summed E-state index contributed by atoms with van der Waals surface area (Å²) >= 11 is 0. The van der Waals surface area contributed by atoms with Gasteiger partial charge in [-0.2, -0.15) is 0 Å². The van der Waals surface area contributed by atoms with Crippen LogP contribution in [-0.4, -0.2) is 17.3 Å². The monoisotopic (exact) mass is 454 g/mol. The highest BCUT2D eigenvalue weighted by Gasteiger charge is 2.72. The summed E-state index contributed by atoms with van der Waals surface area (Å²) in [6.45, 7) is 18.4. The van der Waals surface area contributed by atoms with E-state index in [2.05, 4.69) is 48.5 Å². The van der Waals surface area contributed by atoms with Crippen molar-refractivity contribution in [1.29, 1.82) is 0 Å². The zero-order valence-corrected chi connectivity index (χ0v) is 22.4. The third-order valence-electron chi connectivity index (χ3n) is 13.5. The van der Waals surface area contributed by atoms with E-state index in [-0.39, 0.29) is 33.0 Å². The fraction of sp³-hybridized carbons (Fsp3) is 0.900. The molecule has 0 bridgehead atoms. The van der Waals surface area contributed by atoms with E-state index < -0.39 is 5.41 Å². The van der Waals surface area contributed by atoms with Crippen molar-refractivity contribution in [3.8, 4) is 0 Å². The van der Waals surface area contributed by atoms with Gasteiger partial charge in [-0.3, -0.25) is 14.4 Å². The van der Waals surface area contributed by atoms with Crippen LogP contribution in [0.3, 0.4) is 0 Å². The van der Waals surface area contributed by atoms with Crippen molar-refractivity contribution in [2.24, 2.45) is 56.2 Å². The predicted octanol–water partition coefficient (Wildman–Crippen LogP) is 6.82. The standard InChI is InChI=1S/C30H46O3/c1-18-19(31)9-10-20-27(5)12-14-29(7)22-16-25(2,3)24(33)17-26(22,4)11-13-28(29,6)21(27)15-23(32)30(18,20)8/h18,20-22H,9-17H2,1-8H3/t18-,20-,21-,22+,26-,27-,28+,29-,30+/m0/s1. The van der Waals surface area contributed by atoms with E-state index in [1.54, 1.807) is 0 Å². The molecule has 0 unspecified atom stereocenters. The van der Waals surface area contributed by atoms with E-state index in [1.807, 2.05) is 6.92 Å². The number of rotatable bonds is 0. The zero-order valence-electron chi connectivity index (χ0n) is 22.4. The average molecular weight is 455 g/mol. The number of ketones is 3. The normalized spacial score (nSPS) is 55.8. The van der Waals surface area contributed by atoms with Crippen molar-refractivity contribution in [2.45, 2.75) is 113 Å². The molecule has 0 radical (unpaired) electrons. The zero-order chi connectivity index (χ0) is 24.4. The highest BCUT2D eigenvalue weighted by molar-refractivity contribution is 5.94. The lowest BCUT2D eigenvalue weighted by Crippen LogP contribution is -2.69. The van der Waals surface area contributed by atoms with Gasteiger partial charge in [0.1, 0.15) is 17.3 Å². The van der Waals surface area contributed by atoms with E-state index in [4.69, 9.17) is 0 Å². The van der Waals surface area contributed by atoms with Crippen LogP contribution < -0.4 is 0 Å². The largest absolute Gasteiger partial charge is 0.299 e. The van der Waals surface area contributed by atoms with E-state index in [0.717, 1.165) is 38.5 Å². The Morgan fingerprint density at radius 3 is 2.00 bits per heavy atom. The van der Waals surface area contributed by atoms with Gasteiger partial charge in [0.25, 0.3) is 0 Å². The van der Waals surface area contributed by atoms with Gasteiger partial charge in [0.05, 0.1) is 0 Å². The van der Waals surface area contributed by atoms with Crippen LogP contribution in [0.2, 0.25) is 0 Å². The van der Waals surface area contributed by atoms with Gasteiger partial charge in [0, 0.05) is 36.0 Å². The molecule has 0 aromatic carbocycles. The average Bonchev–Trinajstić information content (AvgIpc) is 2.72. The number of Topliss-reactive ketones (excluding diaryl/α,β-unsaturated/α-hetero) is 3. The lowest BCUT2D eigenvalue weighted by Gasteiger charge is -2.74. The van der Waals surface area contributed by atoms with Crippen LogP contribution in [0.5, 0.6) is 0 Å². The molecule has 0 spiro atoms.